The van der Waals surface area contributed by atoms with Crippen molar-refractivity contribution in [3.05, 3.63) is 24.3 Å². The smallest absolute Gasteiger partial charge is 0.142 e. The molecule has 1 aromatic rings. The number of ether oxygens (including phenoxy) is 1. The molecule has 98 valence electrons. The van der Waals surface area contributed by atoms with Gasteiger partial charge in [-0.3, -0.25) is 0 Å². The van der Waals surface area contributed by atoms with E-state index in [-0.39, 0.29) is 0 Å². The minimum atomic E-state index is 0.621. The molecule has 0 aromatic heterocycles. The van der Waals surface area contributed by atoms with E-state index < -0.39 is 0 Å². The van der Waals surface area contributed by atoms with Gasteiger partial charge in [-0.15, -0.1) is 0 Å². The second-order valence-corrected chi connectivity index (χ2v) is 5.22. The summed E-state index contributed by atoms with van der Waals surface area (Å²) >= 11 is 0. The van der Waals surface area contributed by atoms with E-state index >= 15 is 0 Å². The third kappa shape index (κ3) is 2.46. The van der Waals surface area contributed by atoms with Crippen LogP contribution in [0.3, 0.4) is 0 Å². The largest absolute Gasteiger partial charge is 0.491 e. The zero-order valence-electron chi connectivity index (χ0n) is 10.9. The van der Waals surface area contributed by atoms with Gasteiger partial charge in [0.25, 0.3) is 0 Å². The highest BCUT2D eigenvalue weighted by atomic mass is 16.5. The lowest BCUT2D eigenvalue weighted by molar-refractivity contribution is 0.322. The molecule has 0 radical (unpaired) electrons. The highest BCUT2D eigenvalue weighted by molar-refractivity contribution is 5.59. The summed E-state index contributed by atoms with van der Waals surface area (Å²) in [7, 11) is 0. The Kier molecular flexibility index (Phi) is 3.69. The second kappa shape index (κ2) is 5.61. The van der Waals surface area contributed by atoms with Gasteiger partial charge in [-0.1, -0.05) is 18.6 Å². The first-order chi connectivity index (χ1) is 8.95. The van der Waals surface area contributed by atoms with Crippen LogP contribution < -0.4 is 15.0 Å². The lowest BCUT2D eigenvalue weighted by Crippen LogP contribution is -2.41. The average molecular weight is 246 g/mol. The summed E-state index contributed by atoms with van der Waals surface area (Å²) in [6.45, 7) is 4.23. The summed E-state index contributed by atoms with van der Waals surface area (Å²) < 4.78 is 5.84. The maximum Gasteiger partial charge on any atom is 0.142 e. The van der Waals surface area contributed by atoms with Crippen LogP contribution >= 0.6 is 0 Å². The molecule has 1 N–H and O–H groups in total. The molecule has 3 rings (SSSR count). The maximum atomic E-state index is 5.84. The van der Waals surface area contributed by atoms with Crippen molar-refractivity contribution in [1.82, 2.24) is 5.32 Å². The minimum absolute atomic E-state index is 0.621. The third-order valence-corrected chi connectivity index (χ3v) is 3.94. The van der Waals surface area contributed by atoms with E-state index in [0.717, 1.165) is 31.9 Å². The topological polar surface area (TPSA) is 24.5 Å². The molecule has 0 amide bonds. The molecule has 3 nitrogen and oxygen atoms in total. The highest BCUT2D eigenvalue weighted by Gasteiger charge is 2.24. The summed E-state index contributed by atoms with van der Waals surface area (Å²) in [5.41, 5.74) is 1.28. The fourth-order valence-corrected chi connectivity index (χ4v) is 3.00. The fourth-order valence-electron chi connectivity index (χ4n) is 3.00. The molecule has 3 heteroatoms. The molecule has 1 saturated heterocycles. The lowest BCUT2D eigenvalue weighted by atomic mass is 10.1. The van der Waals surface area contributed by atoms with Crippen LogP contribution in [0, 0.1) is 0 Å². The van der Waals surface area contributed by atoms with Crippen LogP contribution in [0.1, 0.15) is 25.7 Å². The van der Waals surface area contributed by atoms with Gasteiger partial charge in [0, 0.05) is 19.1 Å². The van der Waals surface area contributed by atoms with Crippen molar-refractivity contribution in [3.8, 4) is 5.75 Å². The number of hydrogen-bond donors (Lipinski definition) is 1. The Balaban J connectivity index is 1.86. The summed E-state index contributed by atoms with van der Waals surface area (Å²) in [4.78, 5) is 2.56. The molecule has 0 aliphatic carbocycles. The Morgan fingerprint density at radius 1 is 1.17 bits per heavy atom. The highest BCUT2D eigenvalue weighted by Crippen LogP contribution is 2.32. The lowest BCUT2D eigenvalue weighted by Gasteiger charge is -2.32. The molecular formula is C15H22N2O. The van der Waals surface area contributed by atoms with Gasteiger partial charge in [-0.25, -0.2) is 0 Å². The standard InChI is InChI=1S/C15H22N2O/c1-2-8-15-14(7-1)17(10-5-11-18-15)13-6-3-4-9-16-12-13/h1-2,7-8,13,16H,3-6,9-12H2. The summed E-state index contributed by atoms with van der Waals surface area (Å²) in [5.74, 6) is 1.05. The molecule has 1 aromatic carbocycles. The average Bonchev–Trinajstić information content (AvgIpc) is 2.79. The summed E-state index contributed by atoms with van der Waals surface area (Å²) in [6.07, 6.45) is 5.05. The molecular weight excluding hydrogens is 224 g/mol. The quantitative estimate of drug-likeness (QED) is 0.823. The van der Waals surface area contributed by atoms with Crippen LogP contribution in [-0.4, -0.2) is 32.3 Å². The predicted octanol–water partition coefficient (Wildman–Crippen LogP) is 2.42. The van der Waals surface area contributed by atoms with Crippen molar-refractivity contribution in [1.29, 1.82) is 0 Å². The number of rotatable bonds is 1. The number of anilines is 1. The van der Waals surface area contributed by atoms with E-state index in [2.05, 4.69) is 34.5 Å². The number of para-hydroxylation sites is 2. The first-order valence-corrected chi connectivity index (χ1v) is 7.14. The summed E-state index contributed by atoms with van der Waals surface area (Å²) in [5, 5.41) is 3.56. The molecule has 2 aliphatic heterocycles. The van der Waals surface area contributed by atoms with Gasteiger partial charge in [0.05, 0.1) is 12.3 Å². The van der Waals surface area contributed by atoms with E-state index in [1.54, 1.807) is 0 Å². The van der Waals surface area contributed by atoms with Crippen LogP contribution in [0.25, 0.3) is 0 Å². The first kappa shape index (κ1) is 11.8. The van der Waals surface area contributed by atoms with Gasteiger partial charge in [0.2, 0.25) is 0 Å². The van der Waals surface area contributed by atoms with E-state index in [1.165, 1.54) is 31.5 Å². The zero-order chi connectivity index (χ0) is 12.2. The number of nitrogens with one attached hydrogen (secondary N) is 1. The van der Waals surface area contributed by atoms with Crippen LogP contribution in [0.2, 0.25) is 0 Å². The molecule has 18 heavy (non-hydrogen) atoms. The predicted molar refractivity (Wildman–Crippen MR) is 74.4 cm³/mol. The molecule has 0 bridgehead atoms. The second-order valence-electron chi connectivity index (χ2n) is 5.22. The SMILES string of the molecule is c1ccc2c(c1)OCCCN2C1CCCCNC1. The van der Waals surface area contributed by atoms with Crippen LogP contribution in [-0.2, 0) is 0 Å². The van der Waals surface area contributed by atoms with Crippen molar-refractivity contribution in [3.63, 3.8) is 0 Å². The number of benzene rings is 1. The molecule has 1 unspecified atom stereocenters. The van der Waals surface area contributed by atoms with E-state index in [0.29, 0.717) is 6.04 Å². The number of fused-ring (bicyclic) bond motifs is 1. The third-order valence-electron chi connectivity index (χ3n) is 3.94. The van der Waals surface area contributed by atoms with Gasteiger partial charge in [-0.2, -0.15) is 0 Å². The summed E-state index contributed by atoms with van der Waals surface area (Å²) in [6, 6.07) is 9.09. The molecule has 2 heterocycles. The van der Waals surface area contributed by atoms with Crippen molar-refractivity contribution in [2.75, 3.05) is 31.1 Å². The Hall–Kier alpha value is -1.22. The molecule has 0 saturated carbocycles. The Morgan fingerprint density at radius 2 is 2.11 bits per heavy atom. The van der Waals surface area contributed by atoms with Crippen molar-refractivity contribution in [2.45, 2.75) is 31.7 Å². The Labute approximate surface area is 109 Å². The van der Waals surface area contributed by atoms with Crippen molar-refractivity contribution in [2.24, 2.45) is 0 Å². The number of nitrogens with zero attached hydrogens (tertiary/aromatic N) is 1. The van der Waals surface area contributed by atoms with Crippen molar-refractivity contribution >= 4 is 5.69 Å². The zero-order valence-corrected chi connectivity index (χ0v) is 10.9. The normalized spacial score (nSPS) is 24.7. The molecule has 0 spiro atoms. The van der Waals surface area contributed by atoms with E-state index in [4.69, 9.17) is 4.74 Å². The Bertz CT molecular complexity index is 386. The van der Waals surface area contributed by atoms with Gasteiger partial charge < -0.3 is 15.0 Å². The maximum absolute atomic E-state index is 5.84. The van der Waals surface area contributed by atoms with Gasteiger partial charge in [0.15, 0.2) is 0 Å². The van der Waals surface area contributed by atoms with E-state index in [9.17, 15) is 0 Å². The first-order valence-electron chi connectivity index (χ1n) is 7.14. The van der Waals surface area contributed by atoms with Crippen LogP contribution in [0.15, 0.2) is 24.3 Å². The van der Waals surface area contributed by atoms with Crippen LogP contribution in [0.5, 0.6) is 5.75 Å². The van der Waals surface area contributed by atoms with Gasteiger partial charge in [-0.05, 0) is 37.9 Å². The van der Waals surface area contributed by atoms with Gasteiger partial charge >= 0.3 is 0 Å². The molecule has 1 atom stereocenters. The fraction of sp³-hybridized carbons (Fsp3) is 0.600. The minimum Gasteiger partial charge on any atom is -0.491 e. The Morgan fingerprint density at radius 3 is 3.11 bits per heavy atom. The van der Waals surface area contributed by atoms with Crippen LogP contribution in [0.4, 0.5) is 5.69 Å². The monoisotopic (exact) mass is 246 g/mol. The van der Waals surface area contributed by atoms with Crippen molar-refractivity contribution < 1.29 is 4.74 Å². The van der Waals surface area contributed by atoms with E-state index in [1.807, 2.05) is 0 Å². The molecule has 1 fully saturated rings. The molecule has 2 aliphatic rings. The number of hydrogen-bond acceptors (Lipinski definition) is 3. The van der Waals surface area contributed by atoms with Gasteiger partial charge in [0.1, 0.15) is 5.75 Å².